The fourth-order valence-electron chi connectivity index (χ4n) is 1.92. The third kappa shape index (κ3) is 3.25. The summed E-state index contributed by atoms with van der Waals surface area (Å²) in [6.45, 7) is 0. The maximum Gasteiger partial charge on any atom is 0.147 e. The van der Waals surface area contributed by atoms with Crippen molar-refractivity contribution in [3.63, 3.8) is 0 Å². The van der Waals surface area contributed by atoms with E-state index in [4.69, 9.17) is 23.2 Å². The Balaban J connectivity index is 2.62. The number of benzene rings is 2. The largest absolute Gasteiger partial charge is 0.298 e. The van der Waals surface area contributed by atoms with Crippen LogP contribution in [0.1, 0.15) is 11.1 Å². The van der Waals surface area contributed by atoms with Gasteiger partial charge in [-0.05, 0) is 28.8 Å². The van der Waals surface area contributed by atoms with E-state index in [2.05, 4.69) is 0 Å². The van der Waals surface area contributed by atoms with Crippen LogP contribution in [0, 0.1) is 0 Å². The van der Waals surface area contributed by atoms with Crippen LogP contribution in [0.5, 0.6) is 0 Å². The minimum atomic E-state index is 0.177. The molecule has 0 atom stereocenters. The monoisotopic (exact) mass is 290 g/mol. The molecule has 2 aromatic carbocycles. The maximum absolute atomic E-state index is 11.2. The number of hydrogen-bond acceptors (Lipinski definition) is 1. The predicted molar refractivity (Wildman–Crippen MR) is 80.7 cm³/mol. The summed E-state index contributed by atoms with van der Waals surface area (Å²) in [5.41, 5.74) is 3.31. The molecule has 2 rings (SSSR count). The Labute approximate surface area is 122 Å². The first-order valence-corrected chi connectivity index (χ1v) is 6.73. The van der Waals surface area contributed by atoms with E-state index >= 15 is 0 Å². The van der Waals surface area contributed by atoms with E-state index in [0.29, 0.717) is 10.6 Å². The summed E-state index contributed by atoms with van der Waals surface area (Å²) in [7, 11) is 0. The molecule has 0 saturated heterocycles. The second kappa shape index (κ2) is 6.55. The summed E-state index contributed by atoms with van der Waals surface area (Å²) < 4.78 is 0. The summed E-state index contributed by atoms with van der Waals surface area (Å²) in [6, 6.07) is 17.1. The van der Waals surface area contributed by atoms with Crippen LogP contribution in [0.4, 0.5) is 0 Å². The van der Waals surface area contributed by atoms with Gasteiger partial charge in [0.1, 0.15) is 6.29 Å². The molecule has 0 radical (unpaired) electrons. The molecule has 0 aliphatic carbocycles. The van der Waals surface area contributed by atoms with Gasteiger partial charge in [-0.25, -0.2) is 0 Å². The van der Waals surface area contributed by atoms with Crippen molar-refractivity contribution in [2.75, 3.05) is 5.88 Å². The minimum Gasteiger partial charge on any atom is -0.298 e. The van der Waals surface area contributed by atoms with Crippen LogP contribution in [0.3, 0.4) is 0 Å². The van der Waals surface area contributed by atoms with Crippen LogP contribution >= 0.6 is 23.2 Å². The van der Waals surface area contributed by atoms with Crippen LogP contribution in [0.2, 0.25) is 5.02 Å². The second-order valence-corrected chi connectivity index (χ2v) is 4.73. The van der Waals surface area contributed by atoms with Gasteiger partial charge >= 0.3 is 0 Å². The molecular weight excluding hydrogens is 279 g/mol. The molecular formula is C16H12Cl2O. The number of aldehydes is 1. The van der Waals surface area contributed by atoms with Gasteiger partial charge in [-0.1, -0.05) is 54.1 Å². The van der Waals surface area contributed by atoms with Crippen LogP contribution < -0.4 is 0 Å². The summed E-state index contributed by atoms with van der Waals surface area (Å²) >= 11 is 11.8. The second-order valence-electron chi connectivity index (χ2n) is 4.02. The van der Waals surface area contributed by atoms with Crippen molar-refractivity contribution < 1.29 is 4.79 Å². The number of allylic oxidation sites excluding steroid dienone is 1. The fraction of sp³-hybridized carbons (Fsp3) is 0.0625. The number of halogens is 2. The van der Waals surface area contributed by atoms with E-state index in [1.165, 1.54) is 0 Å². The Morgan fingerprint density at radius 3 is 2.05 bits per heavy atom. The van der Waals surface area contributed by atoms with Crippen molar-refractivity contribution in [2.24, 2.45) is 0 Å². The Morgan fingerprint density at radius 2 is 1.53 bits per heavy atom. The maximum atomic E-state index is 11.2. The van der Waals surface area contributed by atoms with Gasteiger partial charge in [-0.15, -0.1) is 11.6 Å². The first-order valence-electron chi connectivity index (χ1n) is 5.82. The topological polar surface area (TPSA) is 17.1 Å². The van der Waals surface area contributed by atoms with Gasteiger partial charge in [0.05, 0.1) is 5.88 Å². The first-order chi connectivity index (χ1) is 9.26. The van der Waals surface area contributed by atoms with Crippen LogP contribution in [-0.4, -0.2) is 12.2 Å². The summed E-state index contributed by atoms with van der Waals surface area (Å²) in [4.78, 5) is 11.2. The van der Waals surface area contributed by atoms with E-state index in [-0.39, 0.29) is 5.88 Å². The SMILES string of the molecule is O=C/C(CCl)=C(\c1ccccc1)c1ccc(Cl)cc1. The molecule has 0 spiro atoms. The Hall–Kier alpha value is -1.57. The highest BCUT2D eigenvalue weighted by molar-refractivity contribution is 6.30. The Bertz CT molecular complexity index is 586. The van der Waals surface area contributed by atoms with Gasteiger partial charge < -0.3 is 0 Å². The molecule has 2 aromatic rings. The number of hydrogen-bond donors (Lipinski definition) is 0. The molecule has 0 fully saturated rings. The molecule has 0 saturated carbocycles. The molecule has 1 nitrogen and oxygen atoms in total. The van der Waals surface area contributed by atoms with E-state index < -0.39 is 0 Å². The normalized spacial score (nSPS) is 11.9. The molecule has 0 heterocycles. The minimum absolute atomic E-state index is 0.177. The van der Waals surface area contributed by atoms with Crippen LogP contribution in [-0.2, 0) is 4.79 Å². The lowest BCUT2D eigenvalue weighted by atomic mass is 9.94. The number of rotatable bonds is 4. The number of alkyl halides is 1. The lowest BCUT2D eigenvalue weighted by molar-refractivity contribution is -0.104. The summed E-state index contributed by atoms with van der Waals surface area (Å²) in [5.74, 6) is 0.177. The highest BCUT2D eigenvalue weighted by Crippen LogP contribution is 2.27. The average molecular weight is 291 g/mol. The molecule has 0 unspecified atom stereocenters. The van der Waals surface area contributed by atoms with Gasteiger partial charge in [-0.2, -0.15) is 0 Å². The third-order valence-corrected chi connectivity index (χ3v) is 3.34. The van der Waals surface area contributed by atoms with Gasteiger partial charge in [0.15, 0.2) is 0 Å². The zero-order chi connectivity index (χ0) is 13.7. The van der Waals surface area contributed by atoms with Crippen LogP contribution in [0.15, 0.2) is 60.2 Å². The molecule has 0 aliphatic rings. The molecule has 0 aliphatic heterocycles. The van der Waals surface area contributed by atoms with Gasteiger partial charge in [0, 0.05) is 10.6 Å². The predicted octanol–water partition coefficient (Wildman–Crippen LogP) is 4.58. The van der Waals surface area contributed by atoms with E-state index in [0.717, 1.165) is 23.0 Å². The van der Waals surface area contributed by atoms with Crippen molar-refractivity contribution in [3.8, 4) is 0 Å². The lowest BCUT2D eigenvalue weighted by Crippen LogP contribution is -1.97. The van der Waals surface area contributed by atoms with E-state index in [9.17, 15) is 4.79 Å². The average Bonchev–Trinajstić information content (AvgIpc) is 2.47. The molecule has 0 amide bonds. The standard InChI is InChI=1S/C16H12Cl2O/c17-10-14(11-19)16(12-4-2-1-3-5-12)13-6-8-15(18)9-7-13/h1-9,11H,10H2/b16-14+. The van der Waals surface area contributed by atoms with E-state index in [1.54, 1.807) is 12.1 Å². The van der Waals surface area contributed by atoms with Crippen molar-refractivity contribution in [2.45, 2.75) is 0 Å². The van der Waals surface area contributed by atoms with E-state index in [1.807, 2.05) is 42.5 Å². The fourth-order valence-corrected chi connectivity index (χ4v) is 2.24. The summed E-state index contributed by atoms with van der Waals surface area (Å²) in [6.07, 6.45) is 0.809. The lowest BCUT2D eigenvalue weighted by Gasteiger charge is -2.11. The summed E-state index contributed by atoms with van der Waals surface area (Å²) in [5, 5.41) is 0.662. The smallest absolute Gasteiger partial charge is 0.147 e. The third-order valence-electron chi connectivity index (χ3n) is 2.80. The van der Waals surface area contributed by atoms with Gasteiger partial charge in [0.2, 0.25) is 0 Å². The van der Waals surface area contributed by atoms with Crippen molar-refractivity contribution in [3.05, 3.63) is 76.3 Å². The highest BCUT2D eigenvalue weighted by atomic mass is 35.5. The quantitative estimate of drug-likeness (QED) is 0.458. The Morgan fingerprint density at radius 1 is 0.947 bits per heavy atom. The Kier molecular flexibility index (Phi) is 4.78. The number of carbonyl (C=O) groups excluding carboxylic acids is 1. The molecule has 19 heavy (non-hydrogen) atoms. The molecule has 0 aromatic heterocycles. The van der Waals surface area contributed by atoms with Crippen molar-refractivity contribution >= 4 is 35.1 Å². The zero-order valence-corrected chi connectivity index (χ0v) is 11.7. The molecule has 0 bridgehead atoms. The zero-order valence-electron chi connectivity index (χ0n) is 10.1. The van der Waals surface area contributed by atoms with Gasteiger partial charge in [-0.3, -0.25) is 4.79 Å². The first kappa shape index (κ1) is 13.9. The molecule has 3 heteroatoms. The molecule has 0 N–H and O–H groups in total. The highest BCUT2D eigenvalue weighted by Gasteiger charge is 2.10. The number of carbonyl (C=O) groups is 1. The van der Waals surface area contributed by atoms with Crippen LogP contribution in [0.25, 0.3) is 5.57 Å². The van der Waals surface area contributed by atoms with Gasteiger partial charge in [0.25, 0.3) is 0 Å². The molecule has 96 valence electrons. The van der Waals surface area contributed by atoms with Crippen molar-refractivity contribution in [1.82, 2.24) is 0 Å². The van der Waals surface area contributed by atoms with Crippen molar-refractivity contribution in [1.29, 1.82) is 0 Å².